The molecule has 2 aliphatic carbocycles. The smallest absolute Gasteiger partial charge is 0.309 e. The van der Waals surface area contributed by atoms with Crippen molar-refractivity contribution in [2.24, 2.45) is 22.7 Å². The highest BCUT2D eigenvalue weighted by atomic mass is 16.5. The molecule has 5 heteroatoms. The molecule has 0 unspecified atom stereocenters. The van der Waals surface area contributed by atoms with E-state index in [0.29, 0.717) is 6.42 Å². The Balaban J connectivity index is 2.09. The van der Waals surface area contributed by atoms with E-state index in [1.807, 2.05) is 13.0 Å². The van der Waals surface area contributed by atoms with E-state index >= 15 is 0 Å². The van der Waals surface area contributed by atoms with E-state index in [1.165, 1.54) is 0 Å². The number of carbonyl (C=O) groups excluding carboxylic acids is 1. The summed E-state index contributed by atoms with van der Waals surface area (Å²) in [5, 5.41) is 20.5. The highest BCUT2D eigenvalue weighted by Gasteiger charge is 2.62. The van der Waals surface area contributed by atoms with Gasteiger partial charge < -0.3 is 14.9 Å². The van der Waals surface area contributed by atoms with Gasteiger partial charge in [0, 0.05) is 5.92 Å². The summed E-state index contributed by atoms with van der Waals surface area (Å²) < 4.78 is 5.02. The summed E-state index contributed by atoms with van der Waals surface area (Å²) in [5.41, 5.74) is -2.39. The van der Waals surface area contributed by atoms with Crippen LogP contribution in [0.1, 0.15) is 39.5 Å². The monoisotopic (exact) mass is 294 g/mol. The third-order valence-corrected chi connectivity index (χ3v) is 6.11. The molecule has 0 amide bonds. The van der Waals surface area contributed by atoms with E-state index in [2.05, 4.69) is 0 Å². The van der Waals surface area contributed by atoms with E-state index in [-0.39, 0.29) is 30.8 Å². The maximum Gasteiger partial charge on any atom is 0.309 e. The Hall–Kier alpha value is -1.36. The van der Waals surface area contributed by atoms with Crippen molar-refractivity contribution >= 4 is 11.9 Å². The number of hydrogen-bond donors (Lipinski definition) is 2. The van der Waals surface area contributed by atoms with Crippen molar-refractivity contribution in [3.05, 3.63) is 12.2 Å². The number of allylic oxidation sites excluding steroid dienone is 1. The fourth-order valence-electron chi connectivity index (χ4n) is 4.87. The largest absolute Gasteiger partial charge is 0.481 e. The number of cyclic esters (lactones) is 1. The lowest BCUT2D eigenvalue weighted by atomic mass is 9.46. The summed E-state index contributed by atoms with van der Waals surface area (Å²) >= 11 is 0. The van der Waals surface area contributed by atoms with Crippen molar-refractivity contribution in [3.8, 4) is 0 Å². The first-order chi connectivity index (χ1) is 9.72. The van der Waals surface area contributed by atoms with Gasteiger partial charge in [-0.1, -0.05) is 25.5 Å². The predicted octanol–water partition coefficient (Wildman–Crippen LogP) is 1.75. The molecule has 2 fully saturated rings. The topological polar surface area (TPSA) is 83.8 Å². The molecule has 0 spiro atoms. The van der Waals surface area contributed by atoms with Crippen molar-refractivity contribution in [1.29, 1.82) is 0 Å². The molecule has 5 atom stereocenters. The van der Waals surface area contributed by atoms with Gasteiger partial charge in [-0.3, -0.25) is 9.59 Å². The molecule has 0 aromatic carbocycles. The van der Waals surface area contributed by atoms with Gasteiger partial charge in [0.15, 0.2) is 0 Å². The summed E-state index contributed by atoms with van der Waals surface area (Å²) in [6.45, 7) is 3.78. The Morgan fingerprint density at radius 3 is 2.76 bits per heavy atom. The lowest BCUT2D eigenvalue weighted by molar-refractivity contribution is -0.193. The average molecular weight is 294 g/mol. The van der Waals surface area contributed by atoms with E-state index in [0.717, 1.165) is 12.8 Å². The van der Waals surface area contributed by atoms with Crippen LogP contribution in [0, 0.1) is 22.7 Å². The van der Waals surface area contributed by atoms with Crippen LogP contribution in [0.2, 0.25) is 0 Å². The van der Waals surface area contributed by atoms with Gasteiger partial charge in [0.2, 0.25) is 0 Å². The quantitative estimate of drug-likeness (QED) is 0.568. The second kappa shape index (κ2) is 4.32. The number of aliphatic carboxylic acids is 1. The molecular formula is C16H22O5. The zero-order valence-electron chi connectivity index (χ0n) is 12.5. The van der Waals surface area contributed by atoms with Crippen LogP contribution in [-0.2, 0) is 14.3 Å². The standard InChI is InChI=1S/C16H22O5/c1-14-5-3-6-15(2,13(18)19)10(14)4-7-16(20)9-21-12(17)8-11(14)16/h4,7,10-11,20H,3,5-6,8-9H2,1-2H3,(H,18,19)/t10-,11-,14+,15+,16-/m1/s1. The molecule has 0 radical (unpaired) electrons. The molecule has 3 rings (SSSR count). The number of esters is 1. The van der Waals surface area contributed by atoms with Crippen LogP contribution >= 0.6 is 0 Å². The fraction of sp³-hybridized carbons (Fsp3) is 0.750. The normalized spacial score (nSPS) is 49.0. The molecule has 1 aliphatic heterocycles. The number of hydrogen-bond acceptors (Lipinski definition) is 4. The molecule has 2 N–H and O–H groups in total. The van der Waals surface area contributed by atoms with Gasteiger partial charge in [0.25, 0.3) is 0 Å². The van der Waals surface area contributed by atoms with Gasteiger partial charge in [-0.25, -0.2) is 0 Å². The number of carboxylic acids is 1. The van der Waals surface area contributed by atoms with Gasteiger partial charge in [0.05, 0.1) is 11.8 Å². The molecule has 1 saturated carbocycles. The zero-order valence-corrected chi connectivity index (χ0v) is 12.5. The maximum absolute atomic E-state index is 11.8. The Morgan fingerprint density at radius 1 is 1.38 bits per heavy atom. The first-order valence-corrected chi connectivity index (χ1v) is 7.53. The van der Waals surface area contributed by atoms with Crippen LogP contribution in [-0.4, -0.2) is 34.4 Å². The van der Waals surface area contributed by atoms with Crippen molar-refractivity contribution in [3.63, 3.8) is 0 Å². The zero-order chi connectivity index (χ0) is 15.5. The number of rotatable bonds is 1. The minimum Gasteiger partial charge on any atom is -0.481 e. The summed E-state index contributed by atoms with van der Waals surface area (Å²) in [5.74, 6) is -1.55. The van der Waals surface area contributed by atoms with Crippen LogP contribution in [0.4, 0.5) is 0 Å². The van der Waals surface area contributed by atoms with Crippen LogP contribution in [0.3, 0.4) is 0 Å². The van der Waals surface area contributed by atoms with Gasteiger partial charge in [0.1, 0.15) is 12.2 Å². The SMILES string of the molecule is C[C@]12CCC[C@](C)(C(=O)O)[C@@H]1C=C[C@@]1(O)COC(=O)C[C@H]21. The lowest BCUT2D eigenvalue weighted by Gasteiger charge is -2.59. The number of aliphatic hydroxyl groups is 1. The molecule has 0 bridgehead atoms. The third kappa shape index (κ3) is 1.86. The summed E-state index contributed by atoms with van der Waals surface area (Å²) in [4.78, 5) is 23.5. The van der Waals surface area contributed by atoms with Crippen LogP contribution in [0.5, 0.6) is 0 Å². The van der Waals surface area contributed by atoms with Crippen molar-refractivity contribution < 1.29 is 24.5 Å². The number of carboxylic acid groups (broad SMARTS) is 1. The second-order valence-electron chi connectivity index (χ2n) is 7.33. The summed E-state index contributed by atoms with van der Waals surface area (Å²) in [6.07, 6.45) is 5.93. The first-order valence-electron chi connectivity index (χ1n) is 7.53. The van der Waals surface area contributed by atoms with Crippen LogP contribution in [0.15, 0.2) is 12.2 Å². The molecule has 3 aliphatic rings. The highest BCUT2D eigenvalue weighted by molar-refractivity contribution is 5.76. The second-order valence-corrected chi connectivity index (χ2v) is 7.33. The maximum atomic E-state index is 11.8. The van der Waals surface area contributed by atoms with Crippen molar-refractivity contribution in [1.82, 2.24) is 0 Å². The number of fused-ring (bicyclic) bond motifs is 3. The minimum absolute atomic E-state index is 0.0287. The molecular weight excluding hydrogens is 272 g/mol. The van der Waals surface area contributed by atoms with Gasteiger partial charge >= 0.3 is 11.9 Å². The molecule has 0 aromatic heterocycles. The number of carbonyl (C=O) groups is 2. The lowest BCUT2D eigenvalue weighted by Crippen LogP contribution is -2.61. The van der Waals surface area contributed by atoms with E-state index in [1.54, 1.807) is 13.0 Å². The molecule has 1 heterocycles. The van der Waals surface area contributed by atoms with E-state index in [4.69, 9.17) is 4.74 Å². The molecule has 5 nitrogen and oxygen atoms in total. The van der Waals surface area contributed by atoms with Crippen LogP contribution < -0.4 is 0 Å². The van der Waals surface area contributed by atoms with Crippen molar-refractivity contribution in [2.45, 2.75) is 45.1 Å². The summed E-state index contributed by atoms with van der Waals surface area (Å²) in [6, 6.07) is 0. The predicted molar refractivity (Wildman–Crippen MR) is 74.3 cm³/mol. The summed E-state index contributed by atoms with van der Waals surface area (Å²) in [7, 11) is 0. The average Bonchev–Trinajstić information content (AvgIpc) is 2.40. The Kier molecular flexibility index (Phi) is 3.00. The molecule has 0 aromatic rings. The molecule has 21 heavy (non-hydrogen) atoms. The Labute approximate surface area is 124 Å². The molecule has 1 saturated heterocycles. The Morgan fingerprint density at radius 2 is 2.10 bits per heavy atom. The van der Waals surface area contributed by atoms with E-state index in [9.17, 15) is 19.8 Å². The van der Waals surface area contributed by atoms with Gasteiger partial charge in [-0.2, -0.15) is 0 Å². The fourth-order valence-corrected chi connectivity index (χ4v) is 4.87. The number of ether oxygens (including phenoxy) is 1. The third-order valence-electron chi connectivity index (χ3n) is 6.11. The van der Waals surface area contributed by atoms with Crippen LogP contribution in [0.25, 0.3) is 0 Å². The Bertz CT molecular complexity index is 527. The first kappa shape index (κ1) is 14.6. The van der Waals surface area contributed by atoms with E-state index < -0.39 is 22.4 Å². The van der Waals surface area contributed by atoms with Gasteiger partial charge in [-0.05, 0) is 31.1 Å². The molecule has 116 valence electrons. The highest BCUT2D eigenvalue weighted by Crippen LogP contribution is 2.61. The van der Waals surface area contributed by atoms with Crippen molar-refractivity contribution in [2.75, 3.05) is 6.61 Å². The van der Waals surface area contributed by atoms with Gasteiger partial charge in [-0.15, -0.1) is 0 Å². The minimum atomic E-state index is -1.16.